The van der Waals surface area contributed by atoms with Gasteiger partial charge in [-0.2, -0.15) is 0 Å². The van der Waals surface area contributed by atoms with Crippen LogP contribution in [0.1, 0.15) is 284 Å². The molecule has 0 aromatic rings. The van der Waals surface area contributed by atoms with Crippen LogP contribution in [0.25, 0.3) is 0 Å². The van der Waals surface area contributed by atoms with Crippen LogP contribution in [0.5, 0.6) is 0 Å². The van der Waals surface area contributed by atoms with Crippen LogP contribution >= 0.6 is 0 Å². The smallest absolute Gasteiger partial charge is 0.361 e. The Morgan fingerprint density at radius 1 is 0.413 bits per heavy atom. The SMILES string of the molecule is CC/C=C\C/C=C\C/C=C\C/C=C\CCCCCCCCCCCCCCC(=O)OC(COC(=O)CCCCCCCCCCCCCCC/C=C\CCCCCCCCCC)COC(OCC[N+](C)(C)C)C(=O)O. The van der Waals surface area contributed by atoms with Gasteiger partial charge in [-0.15, -0.1) is 0 Å². The zero-order valence-corrected chi connectivity index (χ0v) is 49.7. The van der Waals surface area contributed by atoms with Gasteiger partial charge in [-0.1, -0.05) is 254 Å². The highest BCUT2D eigenvalue weighted by atomic mass is 16.7. The molecule has 0 aromatic heterocycles. The maximum Gasteiger partial charge on any atom is 0.361 e. The Hall–Kier alpha value is -3.01. The van der Waals surface area contributed by atoms with Crippen LogP contribution in [-0.4, -0.2) is 87.4 Å². The van der Waals surface area contributed by atoms with Crippen molar-refractivity contribution in [2.45, 2.75) is 296 Å². The third-order valence-electron chi connectivity index (χ3n) is 13.8. The fourth-order valence-electron chi connectivity index (χ4n) is 8.94. The largest absolute Gasteiger partial charge is 0.477 e. The molecular weight excluding hydrogens is 935 g/mol. The van der Waals surface area contributed by atoms with Gasteiger partial charge in [0, 0.05) is 12.8 Å². The Kier molecular flexibility index (Phi) is 54.9. The van der Waals surface area contributed by atoms with Crippen LogP contribution in [-0.2, 0) is 33.3 Å². The van der Waals surface area contributed by atoms with Gasteiger partial charge >= 0.3 is 17.9 Å². The van der Waals surface area contributed by atoms with Gasteiger partial charge in [-0.05, 0) is 77.0 Å². The Labute approximate surface area is 463 Å². The van der Waals surface area contributed by atoms with Gasteiger partial charge in [-0.25, -0.2) is 4.79 Å². The number of carboxylic acids is 1. The lowest BCUT2D eigenvalue weighted by atomic mass is 10.0. The first-order valence-corrected chi connectivity index (χ1v) is 31.5. The quantitative estimate of drug-likeness (QED) is 0.0211. The molecule has 436 valence electrons. The van der Waals surface area contributed by atoms with Crippen molar-refractivity contribution in [3.05, 3.63) is 60.8 Å². The van der Waals surface area contributed by atoms with Crippen LogP contribution in [0.3, 0.4) is 0 Å². The number of ether oxygens (including phenoxy) is 4. The van der Waals surface area contributed by atoms with E-state index in [9.17, 15) is 19.5 Å². The van der Waals surface area contributed by atoms with Gasteiger partial charge in [0.25, 0.3) is 6.29 Å². The van der Waals surface area contributed by atoms with Gasteiger partial charge in [0.2, 0.25) is 0 Å². The summed E-state index contributed by atoms with van der Waals surface area (Å²) in [6.07, 6.45) is 70.2. The predicted molar refractivity (Wildman–Crippen MR) is 318 cm³/mol. The van der Waals surface area contributed by atoms with Crippen molar-refractivity contribution in [1.29, 1.82) is 0 Å². The summed E-state index contributed by atoms with van der Waals surface area (Å²) in [5, 5.41) is 9.72. The highest BCUT2D eigenvalue weighted by Gasteiger charge is 2.25. The number of nitrogens with zero attached hydrogens (tertiary/aromatic N) is 1. The molecule has 0 rings (SSSR count). The Morgan fingerprint density at radius 2 is 0.760 bits per heavy atom. The number of unbranched alkanes of at least 4 members (excludes halogenated alkanes) is 33. The van der Waals surface area contributed by atoms with E-state index in [4.69, 9.17) is 18.9 Å². The first kappa shape index (κ1) is 72.0. The minimum Gasteiger partial charge on any atom is -0.477 e. The first-order chi connectivity index (χ1) is 36.6. The van der Waals surface area contributed by atoms with Crippen molar-refractivity contribution in [2.75, 3.05) is 47.5 Å². The zero-order chi connectivity index (χ0) is 54.8. The molecule has 9 heteroatoms. The average Bonchev–Trinajstić information content (AvgIpc) is 3.38. The van der Waals surface area contributed by atoms with E-state index in [0.29, 0.717) is 17.4 Å². The number of allylic oxidation sites excluding steroid dienone is 10. The molecule has 1 N–H and O–H groups in total. The topological polar surface area (TPSA) is 108 Å². The van der Waals surface area contributed by atoms with Crippen molar-refractivity contribution in [1.82, 2.24) is 0 Å². The molecule has 9 nitrogen and oxygen atoms in total. The lowest BCUT2D eigenvalue weighted by Gasteiger charge is -2.25. The van der Waals surface area contributed by atoms with E-state index in [1.54, 1.807) is 0 Å². The number of quaternary nitrogens is 1. The first-order valence-electron chi connectivity index (χ1n) is 31.5. The molecule has 0 aliphatic carbocycles. The fourth-order valence-corrected chi connectivity index (χ4v) is 8.94. The third kappa shape index (κ3) is 58.5. The average molecular weight is 1060 g/mol. The molecule has 2 atom stereocenters. The molecule has 0 saturated heterocycles. The van der Waals surface area contributed by atoms with E-state index >= 15 is 0 Å². The van der Waals surface area contributed by atoms with Crippen molar-refractivity contribution >= 4 is 17.9 Å². The van der Waals surface area contributed by atoms with Crippen molar-refractivity contribution in [2.24, 2.45) is 0 Å². The third-order valence-corrected chi connectivity index (χ3v) is 13.8. The molecule has 0 aromatic carbocycles. The Balaban J connectivity index is 4.18. The molecule has 0 aliphatic rings. The molecule has 2 unspecified atom stereocenters. The Bertz CT molecular complexity index is 1410. The second-order valence-electron chi connectivity index (χ2n) is 22.3. The zero-order valence-electron chi connectivity index (χ0n) is 49.7. The van der Waals surface area contributed by atoms with E-state index in [0.717, 1.165) is 64.2 Å². The minimum atomic E-state index is -1.51. The van der Waals surface area contributed by atoms with Crippen LogP contribution in [0, 0.1) is 0 Å². The lowest BCUT2D eigenvalue weighted by molar-refractivity contribution is -0.870. The van der Waals surface area contributed by atoms with Gasteiger partial charge in [0.15, 0.2) is 6.10 Å². The highest BCUT2D eigenvalue weighted by Crippen LogP contribution is 2.17. The molecular formula is C66H120NO8+. The molecule has 0 heterocycles. The number of hydrogen-bond donors (Lipinski definition) is 1. The van der Waals surface area contributed by atoms with Crippen molar-refractivity contribution in [3.63, 3.8) is 0 Å². The number of hydrogen-bond acceptors (Lipinski definition) is 7. The van der Waals surface area contributed by atoms with E-state index in [2.05, 4.69) is 74.6 Å². The van der Waals surface area contributed by atoms with Gasteiger partial charge in [0.05, 0.1) is 34.4 Å². The summed E-state index contributed by atoms with van der Waals surface area (Å²) in [4.78, 5) is 37.5. The van der Waals surface area contributed by atoms with Gasteiger partial charge in [-0.3, -0.25) is 9.59 Å². The molecule has 75 heavy (non-hydrogen) atoms. The van der Waals surface area contributed by atoms with Gasteiger partial charge in [0.1, 0.15) is 13.2 Å². The summed E-state index contributed by atoms with van der Waals surface area (Å²) >= 11 is 0. The number of rotatable bonds is 58. The number of esters is 2. The summed E-state index contributed by atoms with van der Waals surface area (Å²) in [7, 11) is 5.98. The van der Waals surface area contributed by atoms with E-state index in [1.807, 2.05) is 21.1 Å². The van der Waals surface area contributed by atoms with Crippen LogP contribution in [0.4, 0.5) is 0 Å². The van der Waals surface area contributed by atoms with E-state index < -0.39 is 24.3 Å². The molecule has 0 radical (unpaired) electrons. The molecule has 0 spiro atoms. The standard InChI is InChI=1S/C66H119NO8/c1-6-8-10-12-14-16-18-20-22-24-26-28-30-32-34-36-38-40-42-44-46-48-50-52-54-56-63(68)73-60-62(61-74-66(65(70)71)72-59-58-67(3,4)5)75-64(69)57-55-53-51-49-47-45-43-41-39-37-35-33-31-29-27-25-23-21-19-17-15-13-11-9-7-2/h9,11,15,17,21,23-24,26-27,29,62,66H,6-8,10,12-14,16,18-20,22,25,28,30-61H2,1-5H3/p+1/b11-9-,17-15-,23-21-,26-24-,29-27-. The van der Waals surface area contributed by atoms with E-state index in [-0.39, 0.29) is 32.2 Å². The van der Waals surface area contributed by atoms with E-state index in [1.165, 1.54) is 193 Å². The summed E-state index contributed by atoms with van der Waals surface area (Å²) in [5.41, 5.74) is 0. The number of likely N-dealkylation sites (N-methyl/N-ethyl adjacent to an activating group) is 1. The number of aliphatic carboxylic acids is 1. The monoisotopic (exact) mass is 1050 g/mol. The number of carboxylic acid groups (broad SMARTS) is 1. The second kappa shape index (κ2) is 57.2. The normalized spacial score (nSPS) is 13.1. The maximum atomic E-state index is 12.9. The van der Waals surface area contributed by atoms with Crippen molar-refractivity contribution in [3.8, 4) is 0 Å². The number of carbonyl (C=O) groups excluding carboxylic acids is 2. The molecule has 0 amide bonds. The maximum absolute atomic E-state index is 12.9. The molecule has 0 bridgehead atoms. The molecule has 0 fully saturated rings. The summed E-state index contributed by atoms with van der Waals surface area (Å²) in [6.45, 7) is 4.80. The van der Waals surface area contributed by atoms with Crippen LogP contribution in [0.15, 0.2) is 60.8 Å². The molecule has 0 aliphatic heterocycles. The summed E-state index contributed by atoms with van der Waals surface area (Å²) < 4.78 is 22.9. The van der Waals surface area contributed by atoms with Crippen molar-refractivity contribution < 1.29 is 42.9 Å². The second-order valence-corrected chi connectivity index (χ2v) is 22.3. The number of carbonyl (C=O) groups is 3. The molecule has 0 saturated carbocycles. The fraction of sp³-hybridized carbons (Fsp3) is 0.803. The Morgan fingerprint density at radius 3 is 1.15 bits per heavy atom. The predicted octanol–water partition coefficient (Wildman–Crippen LogP) is 18.8. The minimum absolute atomic E-state index is 0.182. The lowest BCUT2D eigenvalue weighted by Crippen LogP contribution is -2.40. The summed E-state index contributed by atoms with van der Waals surface area (Å²) in [5.74, 6) is -2.00. The van der Waals surface area contributed by atoms with Crippen LogP contribution in [0.2, 0.25) is 0 Å². The van der Waals surface area contributed by atoms with Crippen LogP contribution < -0.4 is 0 Å². The summed E-state index contributed by atoms with van der Waals surface area (Å²) in [6, 6.07) is 0. The highest BCUT2D eigenvalue weighted by molar-refractivity contribution is 5.71. The van der Waals surface area contributed by atoms with Gasteiger partial charge < -0.3 is 28.5 Å².